The number of rotatable bonds is 4. The van der Waals surface area contributed by atoms with Crippen LogP contribution in [0, 0.1) is 12.3 Å². The van der Waals surface area contributed by atoms with Gasteiger partial charge >= 0.3 is 0 Å². The molecule has 2 rings (SSSR count). The highest BCUT2D eigenvalue weighted by Gasteiger charge is 2.33. The molecule has 1 amide bonds. The topological polar surface area (TPSA) is 42.0 Å². The zero-order chi connectivity index (χ0) is 12.3. The van der Waals surface area contributed by atoms with Crippen LogP contribution < -0.4 is 5.32 Å². The molecule has 0 saturated heterocycles. The maximum absolute atomic E-state index is 11.9. The van der Waals surface area contributed by atoms with Gasteiger partial charge in [0.05, 0.1) is 11.2 Å². The van der Waals surface area contributed by atoms with Crippen molar-refractivity contribution in [1.29, 1.82) is 0 Å². The number of amides is 1. The highest BCUT2D eigenvalue weighted by Crippen LogP contribution is 2.39. The van der Waals surface area contributed by atoms with E-state index in [2.05, 4.69) is 26.2 Å². The number of hydrogen-bond acceptors (Lipinski definition) is 3. The average Bonchev–Trinajstić information content (AvgIpc) is 2.95. The first-order valence-electron chi connectivity index (χ1n) is 5.92. The SMILES string of the molecule is Cc1ncc(C(=O)NCC2(CBr)CCCC2)s1. The van der Waals surface area contributed by atoms with Gasteiger partial charge in [0, 0.05) is 11.9 Å². The summed E-state index contributed by atoms with van der Waals surface area (Å²) in [6, 6.07) is 0. The fourth-order valence-electron chi connectivity index (χ4n) is 2.30. The van der Waals surface area contributed by atoms with Crippen molar-refractivity contribution in [2.24, 2.45) is 5.41 Å². The van der Waals surface area contributed by atoms with E-state index in [1.807, 2.05) is 6.92 Å². The molecule has 1 fully saturated rings. The zero-order valence-electron chi connectivity index (χ0n) is 9.96. The molecule has 0 unspecified atom stereocenters. The number of halogens is 1. The molecule has 94 valence electrons. The van der Waals surface area contributed by atoms with Gasteiger partial charge in [-0.3, -0.25) is 4.79 Å². The van der Waals surface area contributed by atoms with E-state index in [-0.39, 0.29) is 11.3 Å². The molecule has 1 aromatic rings. The van der Waals surface area contributed by atoms with Crippen molar-refractivity contribution in [1.82, 2.24) is 10.3 Å². The van der Waals surface area contributed by atoms with E-state index >= 15 is 0 Å². The van der Waals surface area contributed by atoms with Gasteiger partial charge in [0.25, 0.3) is 5.91 Å². The lowest BCUT2D eigenvalue weighted by Crippen LogP contribution is -2.36. The first-order chi connectivity index (χ1) is 8.15. The van der Waals surface area contributed by atoms with Crippen LogP contribution >= 0.6 is 27.3 Å². The monoisotopic (exact) mass is 316 g/mol. The fraction of sp³-hybridized carbons (Fsp3) is 0.667. The minimum Gasteiger partial charge on any atom is -0.351 e. The van der Waals surface area contributed by atoms with Crippen molar-refractivity contribution < 1.29 is 4.79 Å². The lowest BCUT2D eigenvalue weighted by molar-refractivity contribution is 0.0939. The lowest BCUT2D eigenvalue weighted by Gasteiger charge is -2.26. The molecule has 0 atom stereocenters. The third-order valence-corrected chi connectivity index (χ3v) is 5.52. The number of aryl methyl sites for hydroxylation is 1. The van der Waals surface area contributed by atoms with Crippen molar-refractivity contribution in [2.75, 3.05) is 11.9 Å². The second-order valence-electron chi connectivity index (χ2n) is 4.77. The molecule has 1 aromatic heterocycles. The van der Waals surface area contributed by atoms with Crippen LogP contribution in [0.1, 0.15) is 40.4 Å². The van der Waals surface area contributed by atoms with Gasteiger partial charge < -0.3 is 5.32 Å². The fourth-order valence-corrected chi connectivity index (χ4v) is 3.76. The molecule has 1 aliphatic carbocycles. The Hall–Kier alpha value is -0.420. The van der Waals surface area contributed by atoms with Crippen LogP contribution in [0.15, 0.2) is 6.20 Å². The van der Waals surface area contributed by atoms with Crippen molar-refractivity contribution in [3.63, 3.8) is 0 Å². The number of thiazole rings is 1. The van der Waals surface area contributed by atoms with E-state index in [0.29, 0.717) is 4.88 Å². The summed E-state index contributed by atoms with van der Waals surface area (Å²) in [4.78, 5) is 16.7. The Morgan fingerprint density at radius 1 is 1.59 bits per heavy atom. The number of nitrogens with one attached hydrogen (secondary N) is 1. The van der Waals surface area contributed by atoms with Gasteiger partial charge in [0.2, 0.25) is 0 Å². The molecular formula is C12H17BrN2OS. The van der Waals surface area contributed by atoms with Crippen molar-refractivity contribution >= 4 is 33.2 Å². The standard InChI is InChI=1S/C12H17BrN2OS/c1-9-14-6-10(17-9)11(16)15-8-12(7-13)4-2-3-5-12/h6H,2-5,7-8H2,1H3,(H,15,16). The van der Waals surface area contributed by atoms with Crippen LogP contribution in [0.3, 0.4) is 0 Å². The van der Waals surface area contributed by atoms with E-state index in [0.717, 1.165) is 16.9 Å². The van der Waals surface area contributed by atoms with Gasteiger partial charge in [0.1, 0.15) is 4.88 Å². The summed E-state index contributed by atoms with van der Waals surface area (Å²) in [5.74, 6) is 0.0165. The molecule has 0 aliphatic heterocycles. The molecule has 0 bridgehead atoms. The predicted octanol–water partition coefficient (Wildman–Crippen LogP) is 3.14. The number of hydrogen-bond donors (Lipinski definition) is 1. The first-order valence-corrected chi connectivity index (χ1v) is 7.86. The van der Waals surface area contributed by atoms with Crippen LogP contribution in [0.2, 0.25) is 0 Å². The number of carbonyl (C=O) groups excluding carboxylic acids is 1. The van der Waals surface area contributed by atoms with Crippen LogP contribution in [-0.2, 0) is 0 Å². The molecule has 1 heterocycles. The summed E-state index contributed by atoms with van der Waals surface area (Å²) in [5, 5.41) is 4.96. The number of nitrogens with zero attached hydrogens (tertiary/aromatic N) is 1. The molecule has 1 saturated carbocycles. The van der Waals surface area contributed by atoms with Gasteiger partial charge in [0.15, 0.2) is 0 Å². The molecule has 5 heteroatoms. The molecular weight excluding hydrogens is 300 g/mol. The minimum atomic E-state index is 0.0165. The van der Waals surface area contributed by atoms with E-state index in [4.69, 9.17) is 0 Å². The van der Waals surface area contributed by atoms with Crippen LogP contribution in [-0.4, -0.2) is 22.8 Å². The summed E-state index contributed by atoms with van der Waals surface area (Å²) in [6.45, 7) is 2.69. The highest BCUT2D eigenvalue weighted by atomic mass is 79.9. The second kappa shape index (κ2) is 5.48. The Balaban J connectivity index is 1.91. The average molecular weight is 317 g/mol. The van der Waals surface area contributed by atoms with Gasteiger partial charge in [-0.25, -0.2) is 4.98 Å². The minimum absolute atomic E-state index is 0.0165. The molecule has 0 radical (unpaired) electrons. The van der Waals surface area contributed by atoms with Gasteiger partial charge in [-0.2, -0.15) is 0 Å². The maximum atomic E-state index is 11.9. The molecule has 1 N–H and O–H groups in total. The van der Waals surface area contributed by atoms with Gasteiger partial charge in [-0.1, -0.05) is 28.8 Å². The molecule has 0 spiro atoms. The lowest BCUT2D eigenvalue weighted by atomic mass is 9.89. The van der Waals surface area contributed by atoms with Crippen molar-refractivity contribution in [3.05, 3.63) is 16.1 Å². The van der Waals surface area contributed by atoms with Crippen molar-refractivity contribution in [3.8, 4) is 0 Å². The van der Waals surface area contributed by atoms with Gasteiger partial charge in [-0.15, -0.1) is 11.3 Å². The summed E-state index contributed by atoms with van der Waals surface area (Å²) in [6.07, 6.45) is 6.63. The summed E-state index contributed by atoms with van der Waals surface area (Å²) < 4.78 is 0. The second-order valence-corrected chi connectivity index (χ2v) is 6.56. The van der Waals surface area contributed by atoms with Crippen LogP contribution in [0.25, 0.3) is 0 Å². The third kappa shape index (κ3) is 3.07. The maximum Gasteiger partial charge on any atom is 0.263 e. The summed E-state index contributed by atoms with van der Waals surface area (Å²) >= 11 is 5.03. The van der Waals surface area contributed by atoms with Crippen molar-refractivity contribution in [2.45, 2.75) is 32.6 Å². The third-order valence-electron chi connectivity index (χ3n) is 3.42. The van der Waals surface area contributed by atoms with E-state index < -0.39 is 0 Å². The predicted molar refractivity (Wildman–Crippen MR) is 73.9 cm³/mol. The highest BCUT2D eigenvalue weighted by molar-refractivity contribution is 9.09. The quantitative estimate of drug-likeness (QED) is 0.867. The largest absolute Gasteiger partial charge is 0.351 e. The Labute approximate surface area is 114 Å². The Bertz CT molecular complexity index is 399. The van der Waals surface area contributed by atoms with Gasteiger partial charge in [-0.05, 0) is 25.2 Å². The molecule has 3 nitrogen and oxygen atoms in total. The normalized spacial score (nSPS) is 18.2. The Morgan fingerprint density at radius 2 is 2.29 bits per heavy atom. The van der Waals surface area contributed by atoms with E-state index in [1.54, 1.807) is 6.20 Å². The summed E-state index contributed by atoms with van der Waals surface area (Å²) in [5.41, 5.74) is 0.273. The van der Waals surface area contributed by atoms with Crippen LogP contribution in [0.4, 0.5) is 0 Å². The summed E-state index contributed by atoms with van der Waals surface area (Å²) in [7, 11) is 0. The number of carbonyl (C=O) groups is 1. The Kier molecular flexibility index (Phi) is 4.20. The number of aromatic nitrogens is 1. The van der Waals surface area contributed by atoms with Crippen LogP contribution in [0.5, 0.6) is 0 Å². The molecule has 0 aromatic carbocycles. The Morgan fingerprint density at radius 3 is 2.82 bits per heavy atom. The van der Waals surface area contributed by atoms with E-state index in [9.17, 15) is 4.79 Å². The smallest absolute Gasteiger partial charge is 0.263 e. The zero-order valence-corrected chi connectivity index (χ0v) is 12.4. The van der Waals surface area contributed by atoms with E-state index in [1.165, 1.54) is 37.0 Å². The molecule has 17 heavy (non-hydrogen) atoms. The molecule has 1 aliphatic rings. The first kappa shape index (κ1) is 13.0. The number of alkyl halides is 1.